The van der Waals surface area contributed by atoms with Crippen LogP contribution in [0.15, 0.2) is 29.2 Å². The van der Waals surface area contributed by atoms with E-state index in [1.165, 1.54) is 28.6 Å². The van der Waals surface area contributed by atoms with Gasteiger partial charge in [-0.05, 0) is 19.4 Å². The summed E-state index contributed by atoms with van der Waals surface area (Å²) in [5.74, 6) is 0. The van der Waals surface area contributed by atoms with Gasteiger partial charge in [-0.25, -0.2) is 8.42 Å². The van der Waals surface area contributed by atoms with Gasteiger partial charge in [0.15, 0.2) is 4.90 Å². The first-order valence-electron chi connectivity index (χ1n) is 5.85. The molecule has 2 N–H and O–H groups in total. The average Bonchev–Trinajstić information content (AvgIpc) is 2.69. The number of nitrogens with two attached hydrogens (primary N) is 1. The van der Waals surface area contributed by atoms with Crippen LogP contribution in [-0.4, -0.2) is 36.3 Å². The number of benzene rings is 1. The van der Waals surface area contributed by atoms with E-state index in [0.717, 1.165) is 0 Å². The smallest absolute Gasteiger partial charge is 0.289 e. The predicted molar refractivity (Wildman–Crippen MR) is 69.0 cm³/mol. The van der Waals surface area contributed by atoms with Gasteiger partial charge in [0.2, 0.25) is 10.0 Å². The topological polar surface area (TPSA) is 107 Å². The zero-order valence-electron chi connectivity index (χ0n) is 10.4. The lowest BCUT2D eigenvalue weighted by atomic mass is 10.2. The second-order valence-corrected chi connectivity index (χ2v) is 6.50. The van der Waals surface area contributed by atoms with Crippen molar-refractivity contribution < 1.29 is 13.3 Å². The number of rotatable bonds is 3. The lowest BCUT2D eigenvalue weighted by molar-refractivity contribution is -0.387. The molecule has 1 aliphatic heterocycles. The highest BCUT2D eigenvalue weighted by atomic mass is 32.2. The Morgan fingerprint density at radius 1 is 1.42 bits per heavy atom. The van der Waals surface area contributed by atoms with Gasteiger partial charge in [0.1, 0.15) is 0 Å². The molecule has 0 amide bonds. The molecule has 1 heterocycles. The van der Waals surface area contributed by atoms with Gasteiger partial charge >= 0.3 is 0 Å². The van der Waals surface area contributed by atoms with Crippen LogP contribution >= 0.6 is 0 Å². The van der Waals surface area contributed by atoms with Gasteiger partial charge in [0.25, 0.3) is 5.69 Å². The molecule has 2 rings (SSSR count). The highest BCUT2D eigenvalue weighted by molar-refractivity contribution is 7.89. The van der Waals surface area contributed by atoms with Crippen molar-refractivity contribution in [1.29, 1.82) is 0 Å². The number of nitrogens with zero attached hydrogens (tertiary/aromatic N) is 2. The normalized spacial score (nSPS) is 24.5. The third-order valence-electron chi connectivity index (χ3n) is 3.20. The Balaban J connectivity index is 2.49. The van der Waals surface area contributed by atoms with E-state index in [9.17, 15) is 18.5 Å². The van der Waals surface area contributed by atoms with Crippen LogP contribution in [-0.2, 0) is 10.0 Å². The Bertz CT molecular complexity index is 602. The van der Waals surface area contributed by atoms with Crippen LogP contribution in [0.2, 0.25) is 0 Å². The minimum atomic E-state index is -3.88. The van der Waals surface area contributed by atoms with Gasteiger partial charge in [-0.1, -0.05) is 12.1 Å². The third-order valence-corrected chi connectivity index (χ3v) is 5.23. The van der Waals surface area contributed by atoms with Crippen LogP contribution in [0.3, 0.4) is 0 Å². The van der Waals surface area contributed by atoms with Crippen LogP contribution in [0.25, 0.3) is 0 Å². The van der Waals surface area contributed by atoms with Gasteiger partial charge in [-0.15, -0.1) is 0 Å². The van der Waals surface area contributed by atoms with Gasteiger partial charge in [0.05, 0.1) is 4.92 Å². The first-order valence-corrected chi connectivity index (χ1v) is 7.29. The molecule has 1 aromatic rings. The molecule has 0 aliphatic carbocycles. The van der Waals surface area contributed by atoms with Crippen molar-refractivity contribution in [2.75, 3.05) is 6.54 Å². The largest absolute Gasteiger partial charge is 0.326 e. The fourth-order valence-electron chi connectivity index (χ4n) is 2.33. The first-order chi connectivity index (χ1) is 8.84. The van der Waals surface area contributed by atoms with Crippen molar-refractivity contribution in [3.05, 3.63) is 34.4 Å². The minimum absolute atomic E-state index is 0.190. The molecule has 0 radical (unpaired) electrons. The summed E-state index contributed by atoms with van der Waals surface area (Å²) in [6.07, 6.45) is 0.555. The third kappa shape index (κ3) is 2.46. The summed E-state index contributed by atoms with van der Waals surface area (Å²) in [4.78, 5) is 9.96. The maximum absolute atomic E-state index is 12.5. The summed E-state index contributed by atoms with van der Waals surface area (Å²) in [5.41, 5.74) is 5.34. The molecule has 1 aromatic carbocycles. The molecule has 1 aliphatic rings. The van der Waals surface area contributed by atoms with E-state index in [0.29, 0.717) is 6.42 Å². The molecule has 0 saturated carbocycles. The first kappa shape index (κ1) is 13.9. The second kappa shape index (κ2) is 4.87. The Morgan fingerprint density at radius 3 is 2.58 bits per heavy atom. The van der Waals surface area contributed by atoms with Gasteiger partial charge in [-0.3, -0.25) is 10.1 Å². The lowest BCUT2D eigenvalue weighted by Crippen LogP contribution is -2.35. The fraction of sp³-hybridized carbons (Fsp3) is 0.455. The number of nitro benzene ring substituents is 1. The van der Waals surface area contributed by atoms with E-state index in [-0.39, 0.29) is 23.5 Å². The summed E-state index contributed by atoms with van der Waals surface area (Å²) >= 11 is 0. The molecule has 2 unspecified atom stereocenters. The van der Waals surface area contributed by atoms with E-state index in [1.54, 1.807) is 6.92 Å². The summed E-state index contributed by atoms with van der Waals surface area (Å²) < 4.78 is 26.2. The Hall–Kier alpha value is -1.51. The molecular weight excluding hydrogens is 270 g/mol. The number of hydrogen-bond donors (Lipinski definition) is 1. The van der Waals surface area contributed by atoms with E-state index in [4.69, 9.17) is 5.73 Å². The monoisotopic (exact) mass is 285 g/mol. The molecule has 19 heavy (non-hydrogen) atoms. The molecule has 0 aromatic heterocycles. The van der Waals surface area contributed by atoms with Gasteiger partial charge in [0, 0.05) is 24.7 Å². The number of sulfonamides is 1. The molecule has 0 spiro atoms. The predicted octanol–water partition coefficient (Wildman–Crippen LogP) is 0.705. The average molecular weight is 285 g/mol. The molecular formula is C11H15N3O4S. The maximum Gasteiger partial charge on any atom is 0.289 e. The zero-order valence-corrected chi connectivity index (χ0v) is 11.2. The molecule has 104 valence electrons. The van der Waals surface area contributed by atoms with Crippen molar-refractivity contribution in [2.24, 2.45) is 5.73 Å². The molecule has 7 nitrogen and oxygen atoms in total. The van der Waals surface area contributed by atoms with E-state index >= 15 is 0 Å². The summed E-state index contributed by atoms with van der Waals surface area (Å²) in [5, 5.41) is 10.9. The number of para-hydroxylation sites is 1. The summed E-state index contributed by atoms with van der Waals surface area (Å²) in [7, 11) is -3.88. The van der Waals surface area contributed by atoms with Crippen molar-refractivity contribution in [2.45, 2.75) is 30.3 Å². The fourth-order valence-corrected chi connectivity index (χ4v) is 4.19. The molecule has 1 fully saturated rings. The Morgan fingerprint density at radius 2 is 2.05 bits per heavy atom. The van der Waals surface area contributed by atoms with Crippen molar-refractivity contribution in [1.82, 2.24) is 4.31 Å². The van der Waals surface area contributed by atoms with Crippen molar-refractivity contribution in [3.63, 3.8) is 0 Å². The number of nitro groups is 1. The number of hydrogen-bond acceptors (Lipinski definition) is 5. The highest BCUT2D eigenvalue weighted by Gasteiger charge is 2.39. The molecule has 2 atom stereocenters. The maximum atomic E-state index is 12.5. The minimum Gasteiger partial charge on any atom is -0.326 e. The Labute approximate surface area is 111 Å². The highest BCUT2D eigenvalue weighted by Crippen LogP contribution is 2.30. The zero-order chi connectivity index (χ0) is 14.2. The van der Waals surface area contributed by atoms with E-state index < -0.39 is 20.6 Å². The van der Waals surface area contributed by atoms with Crippen molar-refractivity contribution >= 4 is 15.7 Å². The summed E-state index contributed by atoms with van der Waals surface area (Å²) in [6.45, 7) is 1.94. The lowest BCUT2D eigenvalue weighted by Gasteiger charge is -2.20. The quantitative estimate of drug-likeness (QED) is 0.650. The summed E-state index contributed by atoms with van der Waals surface area (Å²) in [6, 6.07) is 4.88. The van der Waals surface area contributed by atoms with Crippen LogP contribution < -0.4 is 5.73 Å². The second-order valence-electron chi connectivity index (χ2n) is 4.64. The SMILES string of the molecule is CC1CC(N)CN1S(=O)(=O)c1ccccc1[N+](=O)[O-]. The molecule has 1 saturated heterocycles. The van der Waals surface area contributed by atoms with Gasteiger partial charge in [-0.2, -0.15) is 4.31 Å². The van der Waals surface area contributed by atoms with Gasteiger partial charge < -0.3 is 5.73 Å². The standard InChI is InChI=1S/C11H15N3O4S/c1-8-6-9(12)7-13(8)19(17,18)11-5-3-2-4-10(11)14(15)16/h2-5,8-9H,6-7,12H2,1H3. The van der Waals surface area contributed by atoms with Crippen LogP contribution in [0.5, 0.6) is 0 Å². The molecule has 8 heteroatoms. The van der Waals surface area contributed by atoms with E-state index in [1.807, 2.05) is 0 Å². The van der Waals surface area contributed by atoms with Crippen LogP contribution in [0, 0.1) is 10.1 Å². The van der Waals surface area contributed by atoms with E-state index in [2.05, 4.69) is 0 Å². The van der Waals surface area contributed by atoms with Crippen LogP contribution in [0.4, 0.5) is 5.69 Å². The molecule has 0 bridgehead atoms. The van der Waals surface area contributed by atoms with Crippen LogP contribution in [0.1, 0.15) is 13.3 Å². The Kier molecular flexibility index (Phi) is 3.57. The van der Waals surface area contributed by atoms with Crippen molar-refractivity contribution in [3.8, 4) is 0 Å².